The molecule has 2 heterocycles. The molecule has 0 fully saturated rings. The molecule has 0 atom stereocenters. The zero-order valence-corrected chi connectivity index (χ0v) is 11.5. The summed E-state index contributed by atoms with van der Waals surface area (Å²) in [5, 5.41) is 5.60. The van der Waals surface area contributed by atoms with E-state index in [-0.39, 0.29) is 29.3 Å². The Hall–Kier alpha value is -2.60. The summed E-state index contributed by atoms with van der Waals surface area (Å²) in [5.74, 6) is -0.0588. The van der Waals surface area contributed by atoms with E-state index >= 15 is 0 Å². The molecule has 6 nitrogen and oxygen atoms in total. The molecule has 0 saturated carbocycles. The van der Waals surface area contributed by atoms with E-state index in [9.17, 15) is 9.59 Å². The normalized spacial score (nSPS) is 12.9. The number of nitrogens with zero attached hydrogens (tertiary/aromatic N) is 1. The van der Waals surface area contributed by atoms with Crippen molar-refractivity contribution in [2.24, 2.45) is 0 Å². The highest BCUT2D eigenvalue weighted by Crippen LogP contribution is 2.30. The summed E-state index contributed by atoms with van der Waals surface area (Å²) in [4.78, 5) is 27.2. The number of ether oxygens (including phenoxy) is 1. The van der Waals surface area contributed by atoms with Crippen molar-refractivity contribution in [3.8, 4) is 5.75 Å². The molecule has 0 unspecified atom stereocenters. The van der Waals surface area contributed by atoms with Crippen LogP contribution in [0, 0.1) is 0 Å². The lowest BCUT2D eigenvalue weighted by atomic mass is 10.2. The van der Waals surface area contributed by atoms with Gasteiger partial charge in [-0.15, -0.1) is 0 Å². The van der Waals surface area contributed by atoms with Crippen LogP contribution in [-0.4, -0.2) is 23.4 Å². The zero-order valence-electron chi connectivity index (χ0n) is 10.7. The molecule has 2 aromatic rings. The van der Waals surface area contributed by atoms with Gasteiger partial charge in [0.25, 0.3) is 11.8 Å². The van der Waals surface area contributed by atoms with Crippen molar-refractivity contribution in [1.82, 2.24) is 4.98 Å². The van der Waals surface area contributed by atoms with Gasteiger partial charge in [0.1, 0.15) is 16.6 Å². The Bertz CT molecular complexity index is 733. The first-order chi connectivity index (χ1) is 10.1. The fourth-order valence-corrected chi connectivity index (χ4v) is 2.05. The van der Waals surface area contributed by atoms with Crippen LogP contribution in [0.25, 0.3) is 0 Å². The minimum Gasteiger partial charge on any atom is -0.482 e. The Morgan fingerprint density at radius 1 is 1.33 bits per heavy atom. The largest absolute Gasteiger partial charge is 0.482 e. The number of carbonyl (C=O) groups is 2. The molecule has 1 aliphatic heterocycles. The predicted octanol–water partition coefficient (Wildman–Crippen LogP) is 2.32. The molecule has 0 spiro atoms. The van der Waals surface area contributed by atoms with Crippen LogP contribution in [0.15, 0.2) is 36.4 Å². The number of hydrogen-bond donors (Lipinski definition) is 2. The van der Waals surface area contributed by atoms with Crippen molar-refractivity contribution >= 4 is 34.8 Å². The standard InChI is InChI=1S/C14H10ClN3O3/c15-12-3-1-2-9(17-12)14(20)16-8-4-5-11-10(6-8)18-13(19)7-21-11/h1-6H,7H2,(H,16,20)(H,18,19). The predicted molar refractivity (Wildman–Crippen MR) is 77.8 cm³/mol. The molecule has 106 valence electrons. The molecule has 1 aromatic heterocycles. The van der Waals surface area contributed by atoms with Gasteiger partial charge in [-0.05, 0) is 30.3 Å². The summed E-state index contributed by atoms with van der Waals surface area (Å²) in [7, 11) is 0. The van der Waals surface area contributed by atoms with E-state index < -0.39 is 0 Å². The van der Waals surface area contributed by atoms with Crippen LogP contribution < -0.4 is 15.4 Å². The monoisotopic (exact) mass is 303 g/mol. The van der Waals surface area contributed by atoms with Crippen LogP contribution in [0.4, 0.5) is 11.4 Å². The van der Waals surface area contributed by atoms with Gasteiger partial charge < -0.3 is 15.4 Å². The van der Waals surface area contributed by atoms with Crippen molar-refractivity contribution in [2.45, 2.75) is 0 Å². The number of pyridine rings is 1. The molecule has 3 rings (SSSR count). The highest BCUT2D eigenvalue weighted by Gasteiger charge is 2.17. The fraction of sp³-hybridized carbons (Fsp3) is 0.0714. The molecule has 0 saturated heterocycles. The van der Waals surface area contributed by atoms with Gasteiger partial charge in [-0.1, -0.05) is 17.7 Å². The Kier molecular flexibility index (Phi) is 3.45. The summed E-state index contributed by atoms with van der Waals surface area (Å²) >= 11 is 5.75. The summed E-state index contributed by atoms with van der Waals surface area (Å²) in [5.41, 5.74) is 1.25. The van der Waals surface area contributed by atoms with Crippen LogP contribution >= 0.6 is 11.6 Å². The van der Waals surface area contributed by atoms with E-state index in [0.717, 1.165) is 0 Å². The summed E-state index contributed by atoms with van der Waals surface area (Å²) < 4.78 is 5.24. The first-order valence-electron chi connectivity index (χ1n) is 6.12. The Morgan fingerprint density at radius 2 is 2.19 bits per heavy atom. The number of anilines is 2. The number of rotatable bonds is 2. The second-order valence-corrected chi connectivity index (χ2v) is 4.73. The van der Waals surface area contributed by atoms with Gasteiger partial charge in [-0.3, -0.25) is 9.59 Å². The smallest absolute Gasteiger partial charge is 0.274 e. The Balaban J connectivity index is 1.80. The number of fused-ring (bicyclic) bond motifs is 1. The molecule has 0 aliphatic carbocycles. The third kappa shape index (κ3) is 2.95. The highest BCUT2D eigenvalue weighted by atomic mass is 35.5. The first-order valence-corrected chi connectivity index (χ1v) is 6.50. The number of hydrogen-bond acceptors (Lipinski definition) is 4. The molecule has 2 N–H and O–H groups in total. The maximum atomic E-state index is 12.0. The minimum atomic E-state index is -0.388. The second-order valence-electron chi connectivity index (χ2n) is 4.35. The van der Waals surface area contributed by atoms with E-state index in [0.29, 0.717) is 17.1 Å². The third-order valence-corrected chi connectivity index (χ3v) is 3.03. The summed E-state index contributed by atoms with van der Waals surface area (Å²) in [6, 6.07) is 9.77. The van der Waals surface area contributed by atoms with Gasteiger partial charge in [-0.2, -0.15) is 0 Å². The van der Waals surface area contributed by atoms with Crippen LogP contribution in [0.5, 0.6) is 5.75 Å². The molecule has 21 heavy (non-hydrogen) atoms. The van der Waals surface area contributed by atoms with Crippen molar-refractivity contribution in [2.75, 3.05) is 17.2 Å². The van der Waals surface area contributed by atoms with E-state index in [4.69, 9.17) is 16.3 Å². The molecule has 1 aliphatic rings. The van der Waals surface area contributed by atoms with Gasteiger partial charge in [0.15, 0.2) is 6.61 Å². The molecule has 0 radical (unpaired) electrons. The van der Waals surface area contributed by atoms with E-state index in [1.165, 1.54) is 0 Å². The van der Waals surface area contributed by atoms with Gasteiger partial charge in [0.05, 0.1) is 5.69 Å². The van der Waals surface area contributed by atoms with Crippen molar-refractivity contribution in [3.63, 3.8) is 0 Å². The third-order valence-electron chi connectivity index (χ3n) is 2.82. The van der Waals surface area contributed by atoms with Crippen LogP contribution in [0.2, 0.25) is 5.15 Å². The fourth-order valence-electron chi connectivity index (χ4n) is 1.89. The van der Waals surface area contributed by atoms with Gasteiger partial charge >= 0.3 is 0 Å². The highest BCUT2D eigenvalue weighted by molar-refractivity contribution is 6.29. The quantitative estimate of drug-likeness (QED) is 0.834. The number of benzene rings is 1. The SMILES string of the molecule is O=C1COc2ccc(NC(=O)c3cccc(Cl)n3)cc2N1. The van der Waals surface area contributed by atoms with Gasteiger partial charge in [0, 0.05) is 5.69 Å². The van der Waals surface area contributed by atoms with E-state index in [1.54, 1.807) is 36.4 Å². The summed E-state index contributed by atoms with van der Waals surface area (Å²) in [6.07, 6.45) is 0. The number of nitrogens with one attached hydrogen (secondary N) is 2. The van der Waals surface area contributed by atoms with Crippen LogP contribution in [-0.2, 0) is 4.79 Å². The number of amides is 2. The molecular weight excluding hydrogens is 294 g/mol. The van der Waals surface area contributed by atoms with Crippen molar-refractivity contribution in [1.29, 1.82) is 0 Å². The maximum absolute atomic E-state index is 12.0. The average molecular weight is 304 g/mol. The Labute approximate surface area is 125 Å². The topological polar surface area (TPSA) is 80.3 Å². The average Bonchev–Trinajstić information content (AvgIpc) is 2.46. The maximum Gasteiger partial charge on any atom is 0.274 e. The number of carbonyl (C=O) groups excluding carboxylic acids is 2. The van der Waals surface area contributed by atoms with E-state index in [2.05, 4.69) is 15.6 Å². The molecule has 0 bridgehead atoms. The Morgan fingerprint density at radius 3 is 3.00 bits per heavy atom. The summed E-state index contributed by atoms with van der Waals surface area (Å²) in [6.45, 7) is -0.00879. The zero-order chi connectivity index (χ0) is 14.8. The minimum absolute atomic E-state index is 0.00879. The van der Waals surface area contributed by atoms with Crippen molar-refractivity contribution in [3.05, 3.63) is 47.2 Å². The first kappa shape index (κ1) is 13.4. The molecular formula is C14H10ClN3O3. The molecule has 7 heteroatoms. The molecule has 1 aromatic carbocycles. The lowest BCUT2D eigenvalue weighted by Gasteiger charge is -2.18. The van der Waals surface area contributed by atoms with Crippen molar-refractivity contribution < 1.29 is 14.3 Å². The lowest BCUT2D eigenvalue weighted by Crippen LogP contribution is -2.25. The van der Waals surface area contributed by atoms with Gasteiger partial charge in [0.2, 0.25) is 0 Å². The molecule has 2 amide bonds. The van der Waals surface area contributed by atoms with E-state index in [1.807, 2.05) is 0 Å². The van der Waals surface area contributed by atoms with Crippen LogP contribution in [0.3, 0.4) is 0 Å². The van der Waals surface area contributed by atoms with Gasteiger partial charge in [-0.25, -0.2) is 4.98 Å². The van der Waals surface area contributed by atoms with Crippen LogP contribution in [0.1, 0.15) is 10.5 Å². The lowest BCUT2D eigenvalue weighted by molar-refractivity contribution is -0.118. The number of aromatic nitrogens is 1. The second kappa shape index (κ2) is 5.41. The number of halogens is 1.